The van der Waals surface area contributed by atoms with E-state index in [9.17, 15) is 9.90 Å². The Morgan fingerprint density at radius 3 is 2.86 bits per heavy atom. The normalized spacial score (nSPS) is 12.7. The maximum atomic E-state index is 11.1. The van der Waals surface area contributed by atoms with Crippen molar-refractivity contribution in [1.29, 1.82) is 0 Å². The molecule has 1 aromatic heterocycles. The number of imidazole rings is 1. The van der Waals surface area contributed by atoms with Gasteiger partial charge in [-0.1, -0.05) is 6.92 Å². The zero-order chi connectivity index (χ0) is 15.4. The molecule has 0 radical (unpaired) electrons. The predicted molar refractivity (Wildman–Crippen MR) is 78.6 cm³/mol. The first-order chi connectivity index (χ1) is 10.1. The summed E-state index contributed by atoms with van der Waals surface area (Å²) in [5.41, 5.74) is 1.69. The van der Waals surface area contributed by atoms with Crippen LogP contribution in [-0.4, -0.2) is 45.6 Å². The molecule has 6 heteroatoms. The first-order valence-corrected chi connectivity index (χ1v) is 6.96. The molecule has 1 heterocycles. The standard InChI is InChI=1S/C15H20N2O4/c1-3-4-14-16-12-6-5-10(15(19)20)7-13(12)17(14)8-11(18)9-21-2/h5-7,11,18H,3-4,8-9H2,1-2H3,(H,19,20). The van der Waals surface area contributed by atoms with Crippen LogP contribution in [0.2, 0.25) is 0 Å². The Hall–Kier alpha value is -1.92. The number of nitrogens with zero attached hydrogens (tertiary/aromatic N) is 2. The third-order valence-corrected chi connectivity index (χ3v) is 3.30. The summed E-state index contributed by atoms with van der Waals surface area (Å²) in [7, 11) is 1.53. The molecule has 0 bridgehead atoms. The molecule has 6 nitrogen and oxygen atoms in total. The van der Waals surface area contributed by atoms with Gasteiger partial charge in [-0.2, -0.15) is 0 Å². The van der Waals surface area contributed by atoms with Gasteiger partial charge in [-0.25, -0.2) is 9.78 Å². The molecule has 1 aromatic carbocycles. The minimum atomic E-state index is -0.973. The quantitative estimate of drug-likeness (QED) is 0.811. The van der Waals surface area contributed by atoms with Gasteiger partial charge in [0.2, 0.25) is 0 Å². The van der Waals surface area contributed by atoms with E-state index in [4.69, 9.17) is 9.84 Å². The number of aromatic nitrogens is 2. The highest BCUT2D eigenvalue weighted by Gasteiger charge is 2.15. The fourth-order valence-corrected chi connectivity index (χ4v) is 2.38. The number of benzene rings is 1. The van der Waals surface area contributed by atoms with Crippen LogP contribution in [-0.2, 0) is 17.7 Å². The molecule has 114 valence electrons. The van der Waals surface area contributed by atoms with E-state index in [2.05, 4.69) is 11.9 Å². The molecule has 1 atom stereocenters. The van der Waals surface area contributed by atoms with E-state index in [1.165, 1.54) is 7.11 Å². The minimum Gasteiger partial charge on any atom is -0.478 e. The zero-order valence-corrected chi connectivity index (χ0v) is 12.2. The van der Waals surface area contributed by atoms with Gasteiger partial charge >= 0.3 is 5.97 Å². The summed E-state index contributed by atoms with van der Waals surface area (Å²) in [5, 5.41) is 19.1. The van der Waals surface area contributed by atoms with Crippen molar-refractivity contribution in [2.45, 2.75) is 32.4 Å². The molecule has 2 rings (SSSR count). The average molecular weight is 292 g/mol. The second-order valence-corrected chi connectivity index (χ2v) is 5.01. The van der Waals surface area contributed by atoms with Crippen LogP contribution in [0.25, 0.3) is 11.0 Å². The molecule has 0 aliphatic rings. The lowest BCUT2D eigenvalue weighted by Gasteiger charge is -2.14. The van der Waals surface area contributed by atoms with Crippen molar-refractivity contribution in [3.8, 4) is 0 Å². The third-order valence-electron chi connectivity index (χ3n) is 3.30. The third kappa shape index (κ3) is 3.40. The molecule has 0 saturated carbocycles. The number of ether oxygens (including phenoxy) is 1. The molecule has 0 aliphatic carbocycles. The second kappa shape index (κ2) is 6.69. The van der Waals surface area contributed by atoms with E-state index >= 15 is 0 Å². The van der Waals surface area contributed by atoms with E-state index in [0.717, 1.165) is 29.7 Å². The first kappa shape index (κ1) is 15.5. The topological polar surface area (TPSA) is 84.6 Å². The number of aliphatic hydroxyl groups is 1. The average Bonchev–Trinajstić information content (AvgIpc) is 2.77. The summed E-state index contributed by atoms with van der Waals surface area (Å²) in [6.07, 6.45) is 1.04. The Balaban J connectivity index is 2.48. The lowest BCUT2D eigenvalue weighted by Crippen LogP contribution is -2.22. The van der Waals surface area contributed by atoms with Crippen LogP contribution in [0.15, 0.2) is 18.2 Å². The van der Waals surface area contributed by atoms with E-state index in [-0.39, 0.29) is 12.2 Å². The molecule has 2 N–H and O–H groups in total. The Bertz CT molecular complexity index is 636. The molecule has 0 aliphatic heterocycles. The highest BCUT2D eigenvalue weighted by atomic mass is 16.5. The number of aliphatic hydroxyl groups excluding tert-OH is 1. The van der Waals surface area contributed by atoms with Gasteiger partial charge in [-0.05, 0) is 24.6 Å². The van der Waals surface area contributed by atoms with Gasteiger partial charge in [0.15, 0.2) is 0 Å². The summed E-state index contributed by atoms with van der Waals surface area (Å²) in [6, 6.07) is 4.85. The van der Waals surface area contributed by atoms with Gasteiger partial charge in [0, 0.05) is 13.5 Å². The SMILES string of the molecule is CCCc1nc2ccc(C(=O)O)cc2n1CC(O)COC. The number of carboxylic acid groups (broad SMARTS) is 1. The fourth-order valence-electron chi connectivity index (χ4n) is 2.38. The molecule has 2 aromatic rings. The number of hydrogen-bond acceptors (Lipinski definition) is 4. The van der Waals surface area contributed by atoms with Gasteiger partial charge in [0.25, 0.3) is 0 Å². The summed E-state index contributed by atoms with van der Waals surface area (Å²) >= 11 is 0. The monoisotopic (exact) mass is 292 g/mol. The molecule has 0 amide bonds. The maximum Gasteiger partial charge on any atom is 0.335 e. The molecular weight excluding hydrogens is 272 g/mol. The molecular formula is C15H20N2O4. The van der Waals surface area contributed by atoms with Gasteiger partial charge < -0.3 is 19.5 Å². The Labute approximate surface area is 123 Å². The van der Waals surface area contributed by atoms with Crippen molar-refractivity contribution >= 4 is 17.0 Å². The summed E-state index contributed by atoms with van der Waals surface area (Å²) < 4.78 is 6.83. The number of carbonyl (C=O) groups is 1. The van der Waals surface area contributed by atoms with Crippen molar-refractivity contribution in [3.05, 3.63) is 29.6 Å². The van der Waals surface area contributed by atoms with Crippen molar-refractivity contribution in [2.24, 2.45) is 0 Å². The van der Waals surface area contributed by atoms with Gasteiger partial charge in [-0.15, -0.1) is 0 Å². The smallest absolute Gasteiger partial charge is 0.335 e. The number of aryl methyl sites for hydroxylation is 1. The number of aromatic carboxylic acids is 1. The number of carboxylic acids is 1. The second-order valence-electron chi connectivity index (χ2n) is 5.01. The summed E-state index contributed by atoms with van der Waals surface area (Å²) in [5.74, 6) is -0.121. The Morgan fingerprint density at radius 1 is 1.48 bits per heavy atom. The number of methoxy groups -OCH3 is 1. The predicted octanol–water partition coefficient (Wildman–Crippen LogP) is 1.69. The van der Waals surface area contributed by atoms with Crippen molar-refractivity contribution in [1.82, 2.24) is 9.55 Å². The Kier molecular flexibility index (Phi) is 4.93. The zero-order valence-electron chi connectivity index (χ0n) is 12.2. The van der Waals surface area contributed by atoms with Crippen LogP contribution in [0, 0.1) is 0 Å². The maximum absolute atomic E-state index is 11.1. The van der Waals surface area contributed by atoms with Gasteiger partial charge in [0.05, 0.1) is 35.9 Å². The van der Waals surface area contributed by atoms with Gasteiger partial charge in [-0.3, -0.25) is 0 Å². The van der Waals surface area contributed by atoms with E-state index in [0.29, 0.717) is 6.54 Å². The highest BCUT2D eigenvalue weighted by molar-refractivity contribution is 5.92. The number of hydrogen-bond donors (Lipinski definition) is 2. The van der Waals surface area contributed by atoms with Crippen molar-refractivity contribution in [2.75, 3.05) is 13.7 Å². The van der Waals surface area contributed by atoms with Crippen LogP contribution in [0.3, 0.4) is 0 Å². The molecule has 1 unspecified atom stereocenters. The molecule has 21 heavy (non-hydrogen) atoms. The van der Waals surface area contributed by atoms with Crippen molar-refractivity contribution < 1.29 is 19.7 Å². The van der Waals surface area contributed by atoms with Crippen LogP contribution in [0.4, 0.5) is 0 Å². The summed E-state index contributed by atoms with van der Waals surface area (Å²) in [6.45, 7) is 2.62. The lowest BCUT2D eigenvalue weighted by atomic mass is 10.2. The molecule has 0 fully saturated rings. The Morgan fingerprint density at radius 2 is 2.24 bits per heavy atom. The van der Waals surface area contributed by atoms with Gasteiger partial charge in [0.1, 0.15) is 5.82 Å². The van der Waals surface area contributed by atoms with E-state index < -0.39 is 12.1 Å². The lowest BCUT2D eigenvalue weighted by molar-refractivity contribution is 0.0538. The highest BCUT2D eigenvalue weighted by Crippen LogP contribution is 2.20. The summed E-state index contributed by atoms with van der Waals surface area (Å²) in [4.78, 5) is 15.6. The molecule has 0 saturated heterocycles. The molecule has 0 spiro atoms. The van der Waals surface area contributed by atoms with Crippen LogP contribution >= 0.6 is 0 Å². The number of fused-ring (bicyclic) bond motifs is 1. The number of rotatable bonds is 7. The first-order valence-electron chi connectivity index (χ1n) is 6.96. The largest absolute Gasteiger partial charge is 0.478 e. The fraction of sp³-hybridized carbons (Fsp3) is 0.467. The van der Waals surface area contributed by atoms with Crippen molar-refractivity contribution in [3.63, 3.8) is 0 Å². The van der Waals surface area contributed by atoms with Crippen LogP contribution in [0.1, 0.15) is 29.5 Å². The van der Waals surface area contributed by atoms with Crippen LogP contribution < -0.4 is 0 Å². The van der Waals surface area contributed by atoms with E-state index in [1.807, 2.05) is 4.57 Å². The minimum absolute atomic E-state index is 0.216. The van der Waals surface area contributed by atoms with Crippen LogP contribution in [0.5, 0.6) is 0 Å². The van der Waals surface area contributed by atoms with E-state index in [1.54, 1.807) is 18.2 Å².